The van der Waals surface area contributed by atoms with Crippen LogP contribution in [0.25, 0.3) is 5.76 Å². The topological polar surface area (TPSA) is 96.4 Å². The average Bonchev–Trinajstić information content (AvgIpc) is 2.82. The van der Waals surface area contributed by atoms with Crippen molar-refractivity contribution in [3.63, 3.8) is 0 Å². The first kappa shape index (κ1) is 20.8. The zero-order chi connectivity index (χ0) is 23.2. The van der Waals surface area contributed by atoms with Gasteiger partial charge in [0.25, 0.3) is 10.0 Å². The van der Waals surface area contributed by atoms with Gasteiger partial charge < -0.3 is 10.5 Å². The third-order valence-electron chi connectivity index (χ3n) is 5.76. The molecule has 2 aliphatic heterocycles. The van der Waals surface area contributed by atoms with Gasteiger partial charge in [-0.1, -0.05) is 60.7 Å². The number of para-hydroxylation sites is 1. The van der Waals surface area contributed by atoms with E-state index in [4.69, 9.17) is 10.5 Å². The van der Waals surface area contributed by atoms with Crippen LogP contribution in [0.4, 0.5) is 10.1 Å². The molecule has 1 unspecified atom stereocenters. The summed E-state index contributed by atoms with van der Waals surface area (Å²) in [5.41, 5.74) is 7.76. The number of benzene rings is 3. The van der Waals surface area contributed by atoms with Gasteiger partial charge in [-0.25, -0.2) is 12.8 Å². The number of fused-ring (bicyclic) bond motifs is 2. The Morgan fingerprint density at radius 1 is 1.00 bits per heavy atom. The number of halogens is 1. The number of hydrogen-bond acceptors (Lipinski definition) is 5. The maximum absolute atomic E-state index is 14.5. The van der Waals surface area contributed by atoms with Crippen LogP contribution in [-0.4, -0.2) is 8.42 Å². The molecule has 0 saturated carbocycles. The van der Waals surface area contributed by atoms with Crippen LogP contribution < -0.4 is 10.0 Å². The lowest BCUT2D eigenvalue weighted by atomic mass is 9.88. The van der Waals surface area contributed by atoms with Crippen LogP contribution in [0.2, 0.25) is 0 Å². The van der Waals surface area contributed by atoms with E-state index >= 15 is 0 Å². The zero-order valence-electron chi connectivity index (χ0n) is 17.3. The van der Waals surface area contributed by atoms with Gasteiger partial charge in [-0.15, -0.1) is 0 Å². The molecule has 1 atom stereocenters. The van der Waals surface area contributed by atoms with Crippen LogP contribution in [0, 0.1) is 17.1 Å². The van der Waals surface area contributed by atoms with Gasteiger partial charge in [0.1, 0.15) is 22.4 Å². The Bertz CT molecular complexity index is 1470. The SMILES string of the molecule is N#CC1=C(N)OC2=C(C1c1ccccc1)S(=O)(=O)N(Cc1ccccc1F)c1ccccc12. The summed E-state index contributed by atoms with van der Waals surface area (Å²) in [4.78, 5) is -0.0884. The molecule has 6 nitrogen and oxygen atoms in total. The molecule has 0 radical (unpaired) electrons. The first-order chi connectivity index (χ1) is 15.9. The minimum atomic E-state index is -4.24. The fourth-order valence-electron chi connectivity index (χ4n) is 4.24. The molecule has 0 amide bonds. The number of allylic oxidation sites excluding steroid dienone is 2. The summed E-state index contributed by atoms with van der Waals surface area (Å²) in [5, 5.41) is 9.84. The lowest BCUT2D eigenvalue weighted by Gasteiger charge is -2.38. The third kappa shape index (κ3) is 3.25. The van der Waals surface area contributed by atoms with Gasteiger partial charge in [0.2, 0.25) is 5.88 Å². The number of rotatable bonds is 3. The summed E-state index contributed by atoms with van der Waals surface area (Å²) in [6, 6.07) is 23.7. The van der Waals surface area contributed by atoms with Gasteiger partial charge in [-0.3, -0.25) is 4.31 Å². The fraction of sp³-hybridized carbons (Fsp3) is 0.0800. The predicted octanol–water partition coefficient (Wildman–Crippen LogP) is 4.35. The zero-order valence-corrected chi connectivity index (χ0v) is 18.1. The molecule has 2 N–H and O–H groups in total. The van der Waals surface area contributed by atoms with Crippen molar-refractivity contribution in [3.8, 4) is 6.07 Å². The lowest BCUT2D eigenvalue weighted by molar-refractivity contribution is 0.357. The van der Waals surface area contributed by atoms with Crippen molar-refractivity contribution >= 4 is 21.5 Å². The Balaban J connectivity index is 1.77. The summed E-state index contributed by atoms with van der Waals surface area (Å²) in [6.45, 7) is -0.217. The van der Waals surface area contributed by atoms with Gasteiger partial charge >= 0.3 is 0 Å². The van der Waals surface area contributed by atoms with E-state index in [1.165, 1.54) is 6.07 Å². The fourth-order valence-corrected chi connectivity index (χ4v) is 6.14. The van der Waals surface area contributed by atoms with Crippen molar-refractivity contribution in [1.29, 1.82) is 5.26 Å². The Labute approximate surface area is 190 Å². The molecular weight excluding hydrogens is 441 g/mol. The molecule has 3 aromatic carbocycles. The van der Waals surface area contributed by atoms with Gasteiger partial charge in [0.15, 0.2) is 5.76 Å². The highest BCUT2D eigenvalue weighted by Crippen LogP contribution is 2.51. The molecule has 0 saturated heterocycles. The molecule has 0 fully saturated rings. The van der Waals surface area contributed by atoms with Crippen molar-refractivity contribution in [2.45, 2.75) is 12.5 Å². The summed E-state index contributed by atoms with van der Waals surface area (Å²) in [7, 11) is -4.24. The molecular formula is C25H18FN3O3S. The van der Waals surface area contributed by atoms with E-state index in [0.29, 0.717) is 16.8 Å². The Morgan fingerprint density at radius 3 is 2.39 bits per heavy atom. The highest BCUT2D eigenvalue weighted by molar-refractivity contribution is 7.96. The number of ether oxygens (including phenoxy) is 1. The van der Waals surface area contributed by atoms with E-state index in [0.717, 1.165) is 4.31 Å². The largest absolute Gasteiger partial charge is 0.439 e. The standard InChI is InChI=1S/C25H18FN3O3S/c26-20-12-6-4-10-17(20)15-29-21-13-7-5-11-18(21)23-24(33(29,30)31)22(16-8-2-1-3-9-16)19(14-27)25(28)32-23/h1-13,22H,15,28H2. The van der Waals surface area contributed by atoms with Crippen LogP contribution in [0.15, 0.2) is 95.2 Å². The predicted molar refractivity (Wildman–Crippen MR) is 122 cm³/mol. The molecule has 33 heavy (non-hydrogen) atoms. The number of anilines is 1. The summed E-state index contributed by atoms with van der Waals surface area (Å²) in [6.07, 6.45) is 0. The monoisotopic (exact) mass is 459 g/mol. The van der Waals surface area contributed by atoms with Gasteiger partial charge in [-0.05, 0) is 23.8 Å². The number of sulfonamides is 1. The molecule has 3 aromatic rings. The van der Waals surface area contributed by atoms with E-state index < -0.39 is 21.8 Å². The van der Waals surface area contributed by atoms with E-state index in [-0.39, 0.29) is 34.2 Å². The second kappa shape index (κ2) is 7.80. The minimum Gasteiger partial charge on any atom is -0.439 e. The van der Waals surface area contributed by atoms with E-state index in [9.17, 15) is 18.1 Å². The summed E-state index contributed by atoms with van der Waals surface area (Å²) in [5.74, 6) is -1.52. The van der Waals surface area contributed by atoms with Gasteiger partial charge in [0.05, 0.1) is 18.2 Å². The van der Waals surface area contributed by atoms with Gasteiger partial charge in [0, 0.05) is 11.1 Å². The van der Waals surface area contributed by atoms with E-state index in [1.54, 1.807) is 72.8 Å². The maximum atomic E-state index is 14.5. The quantitative estimate of drug-likeness (QED) is 0.628. The van der Waals surface area contributed by atoms with Crippen molar-refractivity contribution in [3.05, 3.63) is 118 Å². The van der Waals surface area contributed by atoms with Gasteiger partial charge in [-0.2, -0.15) is 5.26 Å². The smallest absolute Gasteiger partial charge is 0.265 e. The highest BCUT2D eigenvalue weighted by atomic mass is 32.2. The number of nitriles is 1. The first-order valence-electron chi connectivity index (χ1n) is 10.2. The highest BCUT2D eigenvalue weighted by Gasteiger charge is 2.47. The summed E-state index contributed by atoms with van der Waals surface area (Å²) >= 11 is 0. The van der Waals surface area contributed by atoms with Crippen LogP contribution >= 0.6 is 0 Å². The molecule has 164 valence electrons. The molecule has 0 spiro atoms. The van der Waals surface area contributed by atoms with Crippen LogP contribution in [0.3, 0.4) is 0 Å². The molecule has 2 aliphatic rings. The second-order valence-corrected chi connectivity index (χ2v) is 9.48. The van der Waals surface area contributed by atoms with E-state index in [1.807, 2.05) is 6.07 Å². The Kier molecular flexibility index (Phi) is 4.91. The molecule has 0 aliphatic carbocycles. The van der Waals surface area contributed by atoms with Crippen molar-refractivity contribution in [1.82, 2.24) is 0 Å². The maximum Gasteiger partial charge on any atom is 0.265 e. The third-order valence-corrected chi connectivity index (χ3v) is 7.65. The van der Waals surface area contributed by atoms with Crippen molar-refractivity contribution in [2.75, 3.05) is 4.31 Å². The minimum absolute atomic E-state index is 0.00810. The number of nitrogens with zero attached hydrogens (tertiary/aromatic N) is 2. The average molecular weight is 460 g/mol. The molecule has 8 heteroatoms. The molecule has 0 aromatic heterocycles. The van der Waals surface area contributed by atoms with Crippen molar-refractivity contribution in [2.24, 2.45) is 5.73 Å². The normalized spacial score (nSPS) is 18.8. The van der Waals surface area contributed by atoms with Crippen molar-refractivity contribution < 1.29 is 17.5 Å². The number of hydrogen-bond donors (Lipinski definition) is 1. The Morgan fingerprint density at radius 2 is 1.67 bits per heavy atom. The summed E-state index contributed by atoms with van der Waals surface area (Å²) < 4.78 is 49.6. The number of nitrogens with two attached hydrogens (primary N) is 1. The lowest BCUT2D eigenvalue weighted by Crippen LogP contribution is -2.39. The second-order valence-electron chi connectivity index (χ2n) is 7.65. The molecule has 2 heterocycles. The molecule has 5 rings (SSSR count). The first-order valence-corrected chi connectivity index (χ1v) is 11.6. The van der Waals surface area contributed by atoms with Crippen LogP contribution in [-0.2, 0) is 21.3 Å². The molecule has 0 bridgehead atoms. The van der Waals surface area contributed by atoms with E-state index in [2.05, 4.69) is 0 Å². The van der Waals surface area contributed by atoms with Crippen LogP contribution in [0.1, 0.15) is 22.6 Å². The Hall–Kier alpha value is -4.09. The van der Waals surface area contributed by atoms with Crippen LogP contribution in [0.5, 0.6) is 0 Å².